The lowest BCUT2D eigenvalue weighted by Crippen LogP contribution is -2.45. The first-order chi connectivity index (χ1) is 16.1. The first-order valence-corrected chi connectivity index (χ1v) is 10.4. The first kappa shape index (κ1) is 20.3. The number of carbonyl (C=O) groups excluding carboxylic acids is 2. The molecule has 4 N–H and O–H groups in total. The highest BCUT2D eigenvalue weighted by Crippen LogP contribution is 2.31. The molecule has 0 aliphatic carbocycles. The van der Waals surface area contributed by atoms with Gasteiger partial charge in [0.15, 0.2) is 0 Å². The van der Waals surface area contributed by atoms with E-state index in [4.69, 9.17) is 4.74 Å². The molecule has 3 amide bonds. The molecule has 0 fully saturated rings. The zero-order valence-electron chi connectivity index (χ0n) is 17.8. The number of ether oxygens (including phenoxy) is 1. The van der Waals surface area contributed by atoms with Crippen LogP contribution in [0.2, 0.25) is 0 Å². The van der Waals surface area contributed by atoms with Crippen LogP contribution in [0.4, 0.5) is 10.5 Å². The highest BCUT2D eigenvalue weighted by Gasteiger charge is 2.31. The summed E-state index contributed by atoms with van der Waals surface area (Å²) < 4.78 is 5.93. The Labute approximate surface area is 189 Å². The summed E-state index contributed by atoms with van der Waals surface area (Å²) in [5.41, 5.74) is 3.14. The summed E-state index contributed by atoms with van der Waals surface area (Å²) in [6, 6.07) is 21.2. The molecule has 164 valence electrons. The molecule has 0 saturated carbocycles. The predicted molar refractivity (Wildman–Crippen MR) is 125 cm³/mol. The largest absolute Gasteiger partial charge is 0.457 e. The van der Waals surface area contributed by atoms with E-state index in [0.29, 0.717) is 28.5 Å². The van der Waals surface area contributed by atoms with Gasteiger partial charge in [0.1, 0.15) is 11.5 Å². The second-order valence-electron chi connectivity index (χ2n) is 7.68. The van der Waals surface area contributed by atoms with Gasteiger partial charge in [0.2, 0.25) is 0 Å². The maximum Gasteiger partial charge on any atom is 0.319 e. The van der Waals surface area contributed by atoms with E-state index >= 15 is 0 Å². The Morgan fingerprint density at radius 2 is 1.82 bits per heavy atom. The lowest BCUT2D eigenvalue weighted by molar-refractivity contribution is -0.113. The summed E-state index contributed by atoms with van der Waals surface area (Å²) in [5.74, 6) is 0.986. The van der Waals surface area contributed by atoms with Crippen molar-refractivity contribution in [2.45, 2.75) is 13.0 Å². The SMILES string of the molecule is CC1=C(C(=O)Nc2ccc3[nH]ncc3c2)C(c2cccc(Oc3ccccc3)c2)NC(=O)N1. The lowest BCUT2D eigenvalue weighted by atomic mass is 9.94. The van der Waals surface area contributed by atoms with E-state index in [9.17, 15) is 9.59 Å². The van der Waals surface area contributed by atoms with E-state index in [0.717, 1.165) is 16.5 Å². The highest BCUT2D eigenvalue weighted by atomic mass is 16.5. The van der Waals surface area contributed by atoms with Gasteiger partial charge in [-0.3, -0.25) is 9.89 Å². The number of nitrogens with one attached hydrogen (secondary N) is 4. The van der Waals surface area contributed by atoms with Crippen LogP contribution in [0.25, 0.3) is 10.9 Å². The first-order valence-electron chi connectivity index (χ1n) is 10.4. The Balaban J connectivity index is 1.44. The number of hydrogen-bond donors (Lipinski definition) is 4. The zero-order chi connectivity index (χ0) is 22.8. The molecule has 4 aromatic rings. The summed E-state index contributed by atoms with van der Waals surface area (Å²) in [4.78, 5) is 25.6. The zero-order valence-corrected chi connectivity index (χ0v) is 17.8. The van der Waals surface area contributed by atoms with E-state index in [-0.39, 0.29) is 11.9 Å². The van der Waals surface area contributed by atoms with Crippen LogP contribution in [0.15, 0.2) is 90.3 Å². The van der Waals surface area contributed by atoms with Gasteiger partial charge in [-0.1, -0.05) is 30.3 Å². The summed E-state index contributed by atoms with van der Waals surface area (Å²) >= 11 is 0. The van der Waals surface area contributed by atoms with E-state index in [1.54, 1.807) is 19.2 Å². The van der Waals surface area contributed by atoms with E-state index < -0.39 is 6.04 Å². The molecule has 1 aliphatic heterocycles. The number of allylic oxidation sites excluding steroid dienone is 1. The maximum absolute atomic E-state index is 13.3. The second-order valence-corrected chi connectivity index (χ2v) is 7.68. The summed E-state index contributed by atoms with van der Waals surface area (Å²) in [7, 11) is 0. The Bertz CT molecular complexity index is 1380. The molecule has 8 nitrogen and oxygen atoms in total. The van der Waals surface area contributed by atoms with Gasteiger partial charge in [-0.25, -0.2) is 4.79 Å². The minimum atomic E-state index is -0.643. The summed E-state index contributed by atoms with van der Waals surface area (Å²) in [6.45, 7) is 1.71. The maximum atomic E-state index is 13.3. The molecule has 1 aliphatic rings. The van der Waals surface area contributed by atoms with Crippen molar-refractivity contribution in [1.82, 2.24) is 20.8 Å². The fourth-order valence-corrected chi connectivity index (χ4v) is 3.85. The van der Waals surface area contributed by atoms with Crippen molar-refractivity contribution in [3.8, 4) is 11.5 Å². The third-order valence-electron chi connectivity index (χ3n) is 5.38. The van der Waals surface area contributed by atoms with Gasteiger partial charge in [-0.05, 0) is 55.0 Å². The molecule has 1 atom stereocenters. The Morgan fingerprint density at radius 1 is 1.00 bits per heavy atom. The van der Waals surface area contributed by atoms with E-state index in [1.165, 1.54) is 0 Å². The van der Waals surface area contributed by atoms with Crippen molar-refractivity contribution in [1.29, 1.82) is 0 Å². The van der Waals surface area contributed by atoms with Crippen molar-refractivity contribution in [2.24, 2.45) is 0 Å². The molecule has 0 spiro atoms. The third kappa shape index (κ3) is 4.27. The highest BCUT2D eigenvalue weighted by molar-refractivity contribution is 6.07. The van der Waals surface area contributed by atoms with Crippen LogP contribution in [-0.2, 0) is 4.79 Å². The predicted octanol–water partition coefficient (Wildman–Crippen LogP) is 4.62. The van der Waals surface area contributed by atoms with Crippen LogP contribution in [-0.4, -0.2) is 22.1 Å². The molecule has 2 heterocycles. The second kappa shape index (κ2) is 8.51. The molecule has 0 bridgehead atoms. The number of nitrogens with zero attached hydrogens (tertiary/aromatic N) is 1. The van der Waals surface area contributed by atoms with Gasteiger partial charge in [-0.15, -0.1) is 0 Å². The molecule has 1 unspecified atom stereocenters. The molecule has 8 heteroatoms. The number of hydrogen-bond acceptors (Lipinski definition) is 4. The minimum Gasteiger partial charge on any atom is -0.457 e. The summed E-state index contributed by atoms with van der Waals surface area (Å²) in [6.07, 6.45) is 1.69. The van der Waals surface area contributed by atoms with Crippen LogP contribution in [0, 0.1) is 0 Å². The molecule has 3 aromatic carbocycles. The van der Waals surface area contributed by atoms with Gasteiger partial charge in [0.05, 0.1) is 23.3 Å². The average molecular weight is 439 g/mol. The number of fused-ring (bicyclic) bond motifs is 1. The van der Waals surface area contributed by atoms with Crippen LogP contribution in [0.1, 0.15) is 18.5 Å². The summed E-state index contributed by atoms with van der Waals surface area (Å²) in [5, 5.41) is 16.3. The minimum absolute atomic E-state index is 0.317. The molecule has 1 aromatic heterocycles. The van der Waals surface area contributed by atoms with E-state index in [2.05, 4.69) is 26.1 Å². The Kier molecular flexibility index (Phi) is 5.24. The number of benzene rings is 3. The number of urea groups is 1. The van der Waals surface area contributed by atoms with Gasteiger partial charge in [0.25, 0.3) is 5.91 Å². The quantitative estimate of drug-likeness (QED) is 0.364. The monoisotopic (exact) mass is 439 g/mol. The van der Waals surface area contributed by atoms with Gasteiger partial charge in [-0.2, -0.15) is 5.10 Å². The molecular weight excluding hydrogens is 418 g/mol. The lowest BCUT2D eigenvalue weighted by Gasteiger charge is -2.29. The van der Waals surface area contributed by atoms with E-state index in [1.807, 2.05) is 66.7 Å². The van der Waals surface area contributed by atoms with Gasteiger partial charge < -0.3 is 20.7 Å². The van der Waals surface area contributed by atoms with Gasteiger partial charge in [0, 0.05) is 16.8 Å². The van der Waals surface area contributed by atoms with Crippen molar-refractivity contribution in [3.05, 3.63) is 95.8 Å². The molecule has 0 saturated heterocycles. The van der Waals surface area contributed by atoms with Crippen LogP contribution < -0.4 is 20.7 Å². The van der Waals surface area contributed by atoms with Crippen LogP contribution in [0.5, 0.6) is 11.5 Å². The van der Waals surface area contributed by atoms with Crippen molar-refractivity contribution in [2.75, 3.05) is 5.32 Å². The number of carbonyl (C=O) groups is 2. The topological polar surface area (TPSA) is 108 Å². The fraction of sp³-hybridized carbons (Fsp3) is 0.0800. The third-order valence-corrected chi connectivity index (χ3v) is 5.38. The van der Waals surface area contributed by atoms with Crippen LogP contribution >= 0.6 is 0 Å². The average Bonchev–Trinajstić information content (AvgIpc) is 3.27. The van der Waals surface area contributed by atoms with Crippen molar-refractivity contribution >= 4 is 28.5 Å². The van der Waals surface area contributed by atoms with Crippen LogP contribution in [0.3, 0.4) is 0 Å². The smallest absolute Gasteiger partial charge is 0.319 e. The normalized spacial score (nSPS) is 15.7. The molecule has 5 rings (SSSR count). The Morgan fingerprint density at radius 3 is 2.67 bits per heavy atom. The number of rotatable bonds is 5. The van der Waals surface area contributed by atoms with Crippen molar-refractivity contribution in [3.63, 3.8) is 0 Å². The number of amides is 3. The molecule has 33 heavy (non-hydrogen) atoms. The molecule has 0 radical (unpaired) electrons. The number of anilines is 1. The number of H-pyrrole nitrogens is 1. The number of aromatic nitrogens is 2. The fourth-order valence-electron chi connectivity index (χ4n) is 3.85. The standard InChI is InChI=1S/C25H21N5O3/c1-15-22(24(31)28-18-10-11-21-17(12-18)14-26-30-21)23(29-25(32)27-15)16-6-5-9-20(13-16)33-19-7-3-2-4-8-19/h2-14,23H,1H3,(H,26,30)(H,28,31)(H2,27,29,32). The van der Waals surface area contributed by atoms with Crippen molar-refractivity contribution < 1.29 is 14.3 Å². The van der Waals surface area contributed by atoms with Gasteiger partial charge >= 0.3 is 6.03 Å². The number of aromatic amines is 1. The molecular formula is C25H21N5O3. The Hall–Kier alpha value is -4.59. The number of para-hydroxylation sites is 1.